The Hall–Kier alpha value is -7.28. The fourth-order valence-electron chi connectivity index (χ4n) is 15.3. The molecule has 498 valence electrons. The highest BCUT2D eigenvalue weighted by Gasteiger charge is 2.65. The zero-order valence-electron chi connectivity index (χ0n) is 56.3. The Bertz CT molecular complexity index is 3760. The summed E-state index contributed by atoms with van der Waals surface area (Å²) in [6.07, 6.45) is 18.9. The number of hydrogen-bond donors (Lipinski definition) is 1. The van der Waals surface area contributed by atoms with Gasteiger partial charge in [-0.3, -0.25) is 38.4 Å². The topological polar surface area (TPSA) is 235 Å². The van der Waals surface area contributed by atoms with Gasteiger partial charge < -0.3 is 38.3 Å². The summed E-state index contributed by atoms with van der Waals surface area (Å²) >= 11 is 0. The Labute approximate surface area is 547 Å². The highest BCUT2D eigenvalue weighted by Crippen LogP contribution is 2.60. The van der Waals surface area contributed by atoms with Crippen molar-refractivity contribution in [1.82, 2.24) is 19.8 Å². The number of fused-ring (bicyclic) bond motifs is 10. The van der Waals surface area contributed by atoms with Crippen LogP contribution in [0.15, 0.2) is 60.7 Å². The van der Waals surface area contributed by atoms with Crippen molar-refractivity contribution in [3.8, 4) is 23.0 Å². The third kappa shape index (κ3) is 13.1. The second kappa shape index (κ2) is 25.8. The number of aromatic hydroxyl groups is 1. The van der Waals surface area contributed by atoms with E-state index in [-0.39, 0.29) is 146 Å². The number of phenols is 1. The molecule has 1 N–H and O–H groups in total. The lowest BCUT2D eigenvalue weighted by Gasteiger charge is -2.37. The van der Waals surface area contributed by atoms with Crippen molar-refractivity contribution in [2.45, 2.75) is 219 Å². The van der Waals surface area contributed by atoms with Gasteiger partial charge in [-0.1, -0.05) is 84.6 Å². The van der Waals surface area contributed by atoms with E-state index in [1.807, 2.05) is 39.0 Å². The molecule has 0 bridgehead atoms. The monoisotopic (exact) mass is 1290 g/mol. The molecule has 93 heavy (non-hydrogen) atoms. The van der Waals surface area contributed by atoms with Gasteiger partial charge in [0.25, 0.3) is 0 Å². The molecule has 8 heterocycles. The molecule has 4 fully saturated rings. The van der Waals surface area contributed by atoms with Crippen molar-refractivity contribution in [1.29, 1.82) is 0 Å². The van der Waals surface area contributed by atoms with Gasteiger partial charge in [0.1, 0.15) is 22.7 Å². The number of Topliss-reactive ketones (excluding diaryl/α,β-unsaturated/α-hetero) is 4. The standard InChI is InChI=1S/C40H54N2O7Si.C34H40N2O7/c1-9-47-37(46)40-20-27(40)16-14-12-10-11-13-15-25(2)36(45)42-24-39(21-31(42)32(43)23-40)22-33(44)34-29-19-28(49-50(7,8)38(4,5)6)17-18-30(29)41-26(3)35(34)48-39;1-4-42-32(41)34-15-22(34)11-9-7-5-6-8-10-20(2)31(40)36-19-33(16-26(36)27(38)18-34)17-28(39)29-24-14-23(37)12-13-25(24)35-21(3)30(29)43-33/h14,16-19,25,27,31H,9-13,15,20-24H2,1-8H3;9,11-14,20,22,26,37H,4-8,10,15-19H2,1-3H3/b16-14-;11-9-/t25-,27+,31-,39?,40+;20-,22+,26-,33?,34+/m00/s1. The molecule has 18 nitrogen and oxygen atoms in total. The number of pyridine rings is 2. The van der Waals surface area contributed by atoms with E-state index in [0.29, 0.717) is 80.8 Å². The third-order valence-electron chi connectivity index (χ3n) is 21.8. The molecule has 2 aliphatic carbocycles. The summed E-state index contributed by atoms with van der Waals surface area (Å²) in [7, 11) is -2.15. The van der Waals surface area contributed by atoms with Gasteiger partial charge in [-0.2, -0.15) is 0 Å². The van der Waals surface area contributed by atoms with Crippen LogP contribution in [0.25, 0.3) is 21.8 Å². The van der Waals surface area contributed by atoms with E-state index in [4.69, 9.17) is 28.4 Å². The fraction of sp³-hybridized carbons (Fsp3) is 0.595. The maximum atomic E-state index is 14.4. The Morgan fingerprint density at radius 1 is 0.624 bits per heavy atom. The second-order valence-corrected chi connectivity index (χ2v) is 34.5. The average Bonchev–Trinajstić information content (AvgIpc) is 1.67. The number of carbonyl (C=O) groups excluding carboxylic acids is 8. The van der Waals surface area contributed by atoms with Crippen LogP contribution in [-0.4, -0.2) is 130 Å². The van der Waals surface area contributed by atoms with Crippen molar-refractivity contribution >= 4 is 77.0 Å². The lowest BCUT2D eigenvalue weighted by Crippen LogP contribution is -2.47. The largest absolute Gasteiger partial charge is 0.543 e. The van der Waals surface area contributed by atoms with Crippen LogP contribution in [0.3, 0.4) is 0 Å². The van der Waals surface area contributed by atoms with Crippen LogP contribution in [-0.2, 0) is 38.2 Å². The molecule has 8 aliphatic rings. The third-order valence-corrected chi connectivity index (χ3v) is 26.2. The van der Waals surface area contributed by atoms with Crippen molar-refractivity contribution in [3.63, 3.8) is 0 Å². The predicted molar refractivity (Wildman–Crippen MR) is 354 cm³/mol. The summed E-state index contributed by atoms with van der Waals surface area (Å²) in [5.74, 6) is -0.846. The number of aryl methyl sites for hydroxylation is 2. The van der Waals surface area contributed by atoms with Gasteiger partial charge in [-0.25, -0.2) is 9.97 Å². The Kier molecular flexibility index (Phi) is 18.6. The van der Waals surface area contributed by atoms with Crippen LogP contribution in [0.1, 0.15) is 196 Å². The number of amides is 2. The molecule has 10 atom stereocenters. The van der Waals surface area contributed by atoms with Crippen molar-refractivity contribution < 1.29 is 66.8 Å². The minimum absolute atomic E-state index is 0.00194. The van der Waals surface area contributed by atoms with Crippen LogP contribution in [0.2, 0.25) is 18.1 Å². The van der Waals surface area contributed by atoms with E-state index < -0.39 is 42.4 Å². The number of esters is 2. The maximum Gasteiger partial charge on any atom is 0.313 e. The molecule has 2 amide bonds. The first-order valence-corrected chi connectivity index (χ1v) is 37.0. The van der Waals surface area contributed by atoms with Crippen LogP contribution < -0.4 is 13.9 Å². The number of hydrogen-bond acceptors (Lipinski definition) is 16. The fourth-order valence-corrected chi connectivity index (χ4v) is 16.4. The average molecular weight is 1290 g/mol. The van der Waals surface area contributed by atoms with E-state index >= 15 is 0 Å². The highest BCUT2D eigenvalue weighted by molar-refractivity contribution is 6.74. The van der Waals surface area contributed by atoms with Crippen LogP contribution in [0, 0.1) is 48.3 Å². The first-order chi connectivity index (χ1) is 44.1. The van der Waals surface area contributed by atoms with Crippen LogP contribution in [0.5, 0.6) is 23.0 Å². The molecule has 12 rings (SSSR count). The molecule has 6 aliphatic heterocycles. The summed E-state index contributed by atoms with van der Waals surface area (Å²) < 4.78 is 31.0. The Morgan fingerprint density at radius 2 is 1.06 bits per heavy atom. The van der Waals surface area contributed by atoms with Gasteiger partial charge in [0, 0.05) is 48.3 Å². The molecule has 4 aromatic rings. The highest BCUT2D eigenvalue weighted by atomic mass is 28.4. The zero-order valence-corrected chi connectivity index (χ0v) is 57.3. The second-order valence-electron chi connectivity index (χ2n) is 29.8. The van der Waals surface area contributed by atoms with E-state index in [9.17, 15) is 43.5 Å². The maximum absolute atomic E-state index is 14.4. The molecular formula is C74H94N4O14Si. The molecule has 2 saturated carbocycles. The first-order valence-electron chi connectivity index (χ1n) is 34.1. The summed E-state index contributed by atoms with van der Waals surface area (Å²) in [4.78, 5) is 124. The minimum Gasteiger partial charge on any atom is -0.543 e. The molecule has 2 aromatic heterocycles. The number of ketones is 4. The predicted octanol–water partition coefficient (Wildman–Crippen LogP) is 13.2. The quantitative estimate of drug-likeness (QED) is 0.107. The van der Waals surface area contributed by atoms with Crippen molar-refractivity contribution in [2.75, 3.05) is 26.3 Å². The number of benzene rings is 2. The van der Waals surface area contributed by atoms with Gasteiger partial charge in [0.2, 0.25) is 20.1 Å². The van der Waals surface area contributed by atoms with E-state index in [0.717, 1.165) is 57.8 Å². The van der Waals surface area contributed by atoms with E-state index in [1.165, 1.54) is 12.1 Å². The Morgan fingerprint density at radius 3 is 1.51 bits per heavy atom. The van der Waals surface area contributed by atoms with Gasteiger partial charge in [0.05, 0.1) is 95.6 Å². The number of nitrogens with zero attached hydrogens (tertiary/aromatic N) is 4. The van der Waals surface area contributed by atoms with Gasteiger partial charge >= 0.3 is 11.9 Å². The Balaban J connectivity index is 0.000000192. The van der Waals surface area contributed by atoms with E-state index in [1.54, 1.807) is 36.6 Å². The lowest BCUT2D eigenvalue weighted by atomic mass is 9.84. The number of aromatic nitrogens is 2. The number of phenolic OH excluding ortho intramolecular Hbond substituents is 1. The first kappa shape index (κ1) is 67.1. The van der Waals surface area contributed by atoms with Gasteiger partial charge in [-0.05, 0) is 145 Å². The summed E-state index contributed by atoms with van der Waals surface area (Å²) in [5, 5.41) is 11.3. The van der Waals surface area contributed by atoms with Crippen molar-refractivity contribution in [3.05, 3.63) is 83.2 Å². The molecule has 2 saturated heterocycles. The zero-order chi connectivity index (χ0) is 66.7. The molecule has 19 heteroatoms. The number of carbonyl (C=O) groups is 8. The summed E-state index contributed by atoms with van der Waals surface area (Å²) in [6, 6.07) is 8.81. The number of ether oxygens (including phenoxy) is 4. The summed E-state index contributed by atoms with van der Waals surface area (Å²) in [6.45, 7) is 22.6. The molecule has 2 unspecified atom stereocenters. The molecular weight excluding hydrogens is 1200 g/mol. The number of rotatable bonds is 6. The van der Waals surface area contributed by atoms with Gasteiger partial charge in [0.15, 0.2) is 34.6 Å². The van der Waals surface area contributed by atoms with Crippen molar-refractivity contribution in [2.24, 2.45) is 34.5 Å². The number of allylic oxidation sites excluding steroid dienone is 4. The molecule has 0 radical (unpaired) electrons. The lowest BCUT2D eigenvalue weighted by molar-refractivity contribution is -0.153. The van der Waals surface area contributed by atoms with Crippen LogP contribution >= 0.6 is 0 Å². The van der Waals surface area contributed by atoms with Gasteiger partial charge in [-0.15, -0.1) is 0 Å². The van der Waals surface area contributed by atoms with Crippen LogP contribution in [0.4, 0.5) is 0 Å². The normalized spacial score (nSPS) is 30.7. The smallest absolute Gasteiger partial charge is 0.313 e. The summed E-state index contributed by atoms with van der Waals surface area (Å²) in [5.41, 5.74) is -0.785. The molecule has 2 aromatic carbocycles. The van der Waals surface area contributed by atoms with E-state index in [2.05, 4.69) is 63.2 Å². The minimum atomic E-state index is -2.15. The SMILES string of the molecule is CCOC(=O)[C@]12CC(=O)[C@@H]3CC4(CC(=O)c5c(c(C)nc6ccc(O)cc56)O4)CN3C(=O)[C@@H](C)CCCCC/C=C\[C@@H]1C2.CCOC(=O)[C@]12CC(=O)[C@@H]3CC4(CC(=O)c5c(c(C)nc6ccc(O[Si](C)(C)C(C)(C)C)cc56)O4)CN3C(=O)[C@@H](C)CCCCC/C=C\[C@@H]1C2. The molecule has 2 spiro atoms.